The van der Waals surface area contributed by atoms with Crippen LogP contribution in [0.25, 0.3) is 16.9 Å². The molecular formula is C19H12ClF3N4O. The smallest absolute Gasteiger partial charge is 0.286 e. The molecule has 4 aromatic rings. The molecule has 4 rings (SSSR count). The standard InChI is InChI=1S/C19H12ClF3N4O/c1-26-9-24-17-18(26)25-15(8-12-14(22)7-6-13(20)16(12)23)27(19(17)28)11-4-2-10(21)3-5-11/h2-7,9H,8H2,1H3. The SMILES string of the molecule is Cn1cnc2c(=O)n(-c3ccc(F)cc3)c(Cc3c(F)ccc(Cl)c3F)nc21. The molecule has 0 bridgehead atoms. The van der Waals surface area contributed by atoms with Crippen molar-refractivity contribution >= 4 is 22.8 Å². The van der Waals surface area contributed by atoms with Crippen LogP contribution >= 0.6 is 11.6 Å². The summed E-state index contributed by atoms with van der Waals surface area (Å²) in [4.78, 5) is 21.5. The Morgan fingerprint density at radius 3 is 2.50 bits per heavy atom. The largest absolute Gasteiger partial charge is 0.318 e. The summed E-state index contributed by atoms with van der Waals surface area (Å²) in [6.45, 7) is 0. The van der Waals surface area contributed by atoms with Crippen LogP contribution in [-0.2, 0) is 13.5 Å². The van der Waals surface area contributed by atoms with Crippen molar-refractivity contribution in [1.29, 1.82) is 0 Å². The normalized spacial score (nSPS) is 11.3. The van der Waals surface area contributed by atoms with Crippen molar-refractivity contribution in [3.63, 3.8) is 0 Å². The third kappa shape index (κ3) is 2.95. The highest BCUT2D eigenvalue weighted by Crippen LogP contribution is 2.24. The number of aromatic nitrogens is 4. The van der Waals surface area contributed by atoms with Crippen molar-refractivity contribution in [2.24, 2.45) is 7.05 Å². The first-order valence-electron chi connectivity index (χ1n) is 8.18. The fourth-order valence-corrected chi connectivity index (χ4v) is 3.14. The Hall–Kier alpha value is -3.13. The van der Waals surface area contributed by atoms with Gasteiger partial charge in [-0.25, -0.2) is 23.1 Å². The summed E-state index contributed by atoms with van der Waals surface area (Å²) in [6, 6.07) is 7.26. The molecule has 0 N–H and O–H groups in total. The van der Waals surface area contributed by atoms with Gasteiger partial charge in [0.05, 0.1) is 17.0 Å². The molecule has 0 saturated carbocycles. The summed E-state index contributed by atoms with van der Waals surface area (Å²) < 4.78 is 44.7. The maximum atomic E-state index is 14.4. The lowest BCUT2D eigenvalue weighted by Gasteiger charge is -2.14. The van der Waals surface area contributed by atoms with Gasteiger partial charge < -0.3 is 4.57 Å². The Kier molecular flexibility index (Phi) is 4.43. The number of halogens is 4. The average Bonchev–Trinajstić information content (AvgIpc) is 3.04. The minimum absolute atomic E-state index is 0.0628. The molecule has 2 aromatic carbocycles. The number of hydrogen-bond donors (Lipinski definition) is 0. The Bertz CT molecular complexity index is 1270. The number of benzene rings is 2. The van der Waals surface area contributed by atoms with E-state index in [0.717, 1.165) is 16.7 Å². The fourth-order valence-electron chi connectivity index (χ4n) is 2.97. The third-order valence-electron chi connectivity index (χ3n) is 4.36. The molecule has 0 radical (unpaired) electrons. The number of fused-ring (bicyclic) bond motifs is 1. The quantitative estimate of drug-likeness (QED) is 0.488. The summed E-state index contributed by atoms with van der Waals surface area (Å²) in [5, 5.41) is -0.242. The number of hydrogen-bond acceptors (Lipinski definition) is 3. The molecule has 0 aliphatic rings. The lowest BCUT2D eigenvalue weighted by atomic mass is 10.1. The van der Waals surface area contributed by atoms with E-state index >= 15 is 0 Å². The molecule has 2 aromatic heterocycles. The second-order valence-electron chi connectivity index (χ2n) is 6.17. The van der Waals surface area contributed by atoms with Crippen molar-refractivity contribution in [1.82, 2.24) is 19.1 Å². The molecule has 0 aliphatic carbocycles. The van der Waals surface area contributed by atoms with Crippen molar-refractivity contribution in [3.8, 4) is 5.69 Å². The molecule has 9 heteroatoms. The number of nitrogens with zero attached hydrogens (tertiary/aromatic N) is 4. The summed E-state index contributed by atoms with van der Waals surface area (Å²) in [7, 11) is 1.65. The van der Waals surface area contributed by atoms with E-state index in [1.165, 1.54) is 35.2 Å². The van der Waals surface area contributed by atoms with Crippen molar-refractivity contribution in [3.05, 3.63) is 86.9 Å². The zero-order valence-electron chi connectivity index (χ0n) is 14.5. The monoisotopic (exact) mass is 404 g/mol. The first kappa shape index (κ1) is 18.2. The van der Waals surface area contributed by atoms with Crippen LogP contribution in [0.3, 0.4) is 0 Å². The minimum Gasteiger partial charge on any atom is -0.318 e. The van der Waals surface area contributed by atoms with E-state index in [2.05, 4.69) is 9.97 Å². The van der Waals surface area contributed by atoms with Crippen molar-refractivity contribution in [2.45, 2.75) is 6.42 Å². The van der Waals surface area contributed by atoms with E-state index in [1.54, 1.807) is 7.05 Å². The van der Waals surface area contributed by atoms with Crippen LogP contribution in [0.4, 0.5) is 13.2 Å². The van der Waals surface area contributed by atoms with Gasteiger partial charge >= 0.3 is 0 Å². The van der Waals surface area contributed by atoms with Crippen LogP contribution in [0.5, 0.6) is 0 Å². The van der Waals surface area contributed by atoms with E-state index in [0.29, 0.717) is 5.69 Å². The van der Waals surface area contributed by atoms with Crippen LogP contribution in [0.15, 0.2) is 47.5 Å². The fraction of sp³-hybridized carbons (Fsp3) is 0.105. The van der Waals surface area contributed by atoms with E-state index in [9.17, 15) is 18.0 Å². The Morgan fingerprint density at radius 2 is 1.79 bits per heavy atom. The van der Waals surface area contributed by atoms with E-state index in [4.69, 9.17) is 11.6 Å². The Balaban J connectivity index is 2.00. The molecule has 28 heavy (non-hydrogen) atoms. The number of rotatable bonds is 3. The molecular weight excluding hydrogens is 393 g/mol. The van der Waals surface area contributed by atoms with Gasteiger partial charge in [0.15, 0.2) is 11.2 Å². The number of aryl methyl sites for hydroxylation is 1. The van der Waals surface area contributed by atoms with Gasteiger partial charge in [-0.05, 0) is 36.4 Å². The molecule has 0 fully saturated rings. The van der Waals surface area contributed by atoms with E-state index < -0.39 is 23.0 Å². The first-order chi connectivity index (χ1) is 13.4. The second-order valence-corrected chi connectivity index (χ2v) is 6.58. The highest BCUT2D eigenvalue weighted by Gasteiger charge is 2.20. The second kappa shape index (κ2) is 6.79. The first-order valence-corrected chi connectivity index (χ1v) is 8.56. The third-order valence-corrected chi connectivity index (χ3v) is 4.66. The summed E-state index contributed by atoms with van der Waals surface area (Å²) in [5.41, 5.74) is -0.208. The predicted octanol–water partition coefficient (Wildman–Crippen LogP) is 3.78. The van der Waals surface area contributed by atoms with E-state index in [1.807, 2.05) is 0 Å². The lowest BCUT2D eigenvalue weighted by molar-refractivity contribution is 0.558. The topological polar surface area (TPSA) is 52.7 Å². The maximum Gasteiger partial charge on any atom is 0.286 e. The van der Waals surface area contributed by atoms with E-state index in [-0.39, 0.29) is 34.0 Å². The van der Waals surface area contributed by atoms with Crippen LogP contribution in [0, 0.1) is 17.5 Å². The van der Waals surface area contributed by atoms with Crippen LogP contribution in [0.1, 0.15) is 11.4 Å². The highest BCUT2D eigenvalue weighted by molar-refractivity contribution is 6.30. The van der Waals surface area contributed by atoms with Gasteiger partial charge in [-0.3, -0.25) is 9.36 Å². The Labute approximate surface area is 161 Å². The molecule has 0 aliphatic heterocycles. The molecule has 0 atom stereocenters. The highest BCUT2D eigenvalue weighted by atomic mass is 35.5. The van der Waals surface area contributed by atoms with Gasteiger partial charge in [0.1, 0.15) is 23.3 Å². The van der Waals surface area contributed by atoms with Gasteiger partial charge in [-0.2, -0.15) is 0 Å². The molecule has 0 saturated heterocycles. The summed E-state index contributed by atoms with van der Waals surface area (Å²) >= 11 is 5.77. The lowest BCUT2D eigenvalue weighted by Crippen LogP contribution is -2.25. The predicted molar refractivity (Wildman–Crippen MR) is 98.2 cm³/mol. The molecule has 2 heterocycles. The van der Waals surface area contributed by atoms with Crippen LogP contribution in [0.2, 0.25) is 5.02 Å². The number of imidazole rings is 1. The van der Waals surface area contributed by atoms with Gasteiger partial charge in [0.2, 0.25) is 0 Å². The summed E-state index contributed by atoms with van der Waals surface area (Å²) in [6.07, 6.45) is 1.07. The van der Waals surface area contributed by atoms with Crippen molar-refractivity contribution < 1.29 is 13.2 Å². The van der Waals surface area contributed by atoms with Gasteiger partial charge in [0.25, 0.3) is 5.56 Å². The molecule has 142 valence electrons. The van der Waals surface area contributed by atoms with Crippen LogP contribution in [-0.4, -0.2) is 19.1 Å². The minimum atomic E-state index is -0.924. The van der Waals surface area contributed by atoms with Crippen LogP contribution < -0.4 is 5.56 Å². The van der Waals surface area contributed by atoms with Gasteiger partial charge in [0, 0.05) is 19.0 Å². The molecule has 0 unspecified atom stereocenters. The van der Waals surface area contributed by atoms with Gasteiger partial charge in [-0.1, -0.05) is 11.6 Å². The Morgan fingerprint density at radius 1 is 1.07 bits per heavy atom. The molecule has 0 amide bonds. The zero-order chi connectivity index (χ0) is 20.0. The molecule has 0 spiro atoms. The van der Waals surface area contributed by atoms with Gasteiger partial charge in [-0.15, -0.1) is 0 Å². The average molecular weight is 405 g/mol. The molecule has 5 nitrogen and oxygen atoms in total. The van der Waals surface area contributed by atoms with Crippen molar-refractivity contribution in [2.75, 3.05) is 0 Å². The summed E-state index contributed by atoms with van der Waals surface area (Å²) in [5.74, 6) is -2.16. The maximum absolute atomic E-state index is 14.4. The zero-order valence-corrected chi connectivity index (χ0v) is 15.2.